The highest BCUT2D eigenvalue weighted by atomic mass is 16.5. The fourth-order valence-electron chi connectivity index (χ4n) is 4.14. The van der Waals surface area contributed by atoms with Crippen LogP contribution in [0.3, 0.4) is 0 Å². The maximum absolute atomic E-state index is 13.7. The largest absolute Gasteiger partial charge is 0.466 e. The van der Waals surface area contributed by atoms with Gasteiger partial charge in [-0.15, -0.1) is 0 Å². The van der Waals surface area contributed by atoms with Crippen LogP contribution in [0, 0.1) is 12.8 Å². The summed E-state index contributed by atoms with van der Waals surface area (Å²) in [4.78, 5) is 32.6. The lowest BCUT2D eigenvalue weighted by atomic mass is 9.93. The van der Waals surface area contributed by atoms with Crippen molar-refractivity contribution in [2.24, 2.45) is 5.92 Å². The van der Waals surface area contributed by atoms with Gasteiger partial charge in [-0.25, -0.2) is 9.50 Å². The Hall–Kier alpha value is -3.22. The van der Waals surface area contributed by atoms with Crippen LogP contribution in [-0.4, -0.2) is 51.1 Å². The van der Waals surface area contributed by atoms with Crippen LogP contribution in [0.15, 0.2) is 36.4 Å². The number of ether oxygens (including phenoxy) is 1. The molecular weight excluding hydrogens is 416 g/mol. The molecule has 1 unspecified atom stereocenters. The van der Waals surface area contributed by atoms with Crippen molar-refractivity contribution in [2.45, 2.75) is 52.9 Å². The average Bonchev–Trinajstić information content (AvgIpc) is 3.24. The van der Waals surface area contributed by atoms with Crippen molar-refractivity contribution in [1.29, 1.82) is 0 Å². The molecule has 1 aromatic carbocycles. The molecule has 0 N–H and O–H groups in total. The number of hydrogen-bond donors (Lipinski definition) is 0. The molecule has 3 aromatic rings. The number of rotatable bonds is 4. The van der Waals surface area contributed by atoms with E-state index in [0.717, 1.165) is 35.4 Å². The minimum Gasteiger partial charge on any atom is -0.466 e. The molecule has 0 saturated carbocycles. The van der Waals surface area contributed by atoms with E-state index >= 15 is 0 Å². The SMILES string of the molecule is CCOC(=O)C1CCCN(C(=O)c2cc(-c3ccc(C)cc3)nc3cc(C(C)(C)C)nn23)C1. The van der Waals surface area contributed by atoms with E-state index in [-0.39, 0.29) is 23.2 Å². The number of likely N-dealkylation sites (tertiary alicyclic amines) is 1. The predicted octanol–water partition coefficient (Wildman–Crippen LogP) is 4.42. The molecule has 7 heteroatoms. The predicted molar refractivity (Wildman–Crippen MR) is 127 cm³/mol. The molecule has 1 amide bonds. The number of aryl methyl sites for hydroxylation is 1. The van der Waals surface area contributed by atoms with Crippen LogP contribution in [0.2, 0.25) is 0 Å². The van der Waals surface area contributed by atoms with Crippen molar-refractivity contribution >= 4 is 17.5 Å². The van der Waals surface area contributed by atoms with E-state index in [9.17, 15) is 9.59 Å². The molecule has 1 aliphatic heterocycles. The van der Waals surface area contributed by atoms with Gasteiger partial charge in [-0.05, 0) is 32.8 Å². The summed E-state index contributed by atoms with van der Waals surface area (Å²) in [6, 6.07) is 11.9. The van der Waals surface area contributed by atoms with Crippen LogP contribution in [0.5, 0.6) is 0 Å². The number of hydrogen-bond acceptors (Lipinski definition) is 5. The third-order valence-corrected chi connectivity index (χ3v) is 6.09. The number of amides is 1. The Balaban J connectivity index is 1.77. The lowest BCUT2D eigenvalue weighted by molar-refractivity contribution is -0.149. The zero-order chi connectivity index (χ0) is 23.8. The van der Waals surface area contributed by atoms with Crippen molar-refractivity contribution in [3.63, 3.8) is 0 Å². The quantitative estimate of drug-likeness (QED) is 0.552. The summed E-state index contributed by atoms with van der Waals surface area (Å²) in [7, 11) is 0. The molecule has 1 saturated heterocycles. The molecule has 33 heavy (non-hydrogen) atoms. The standard InChI is InChI=1S/C26H32N4O3/c1-6-33-25(32)19-8-7-13-29(16-19)24(31)21-14-20(18-11-9-17(2)10-12-18)27-23-15-22(26(3,4)5)28-30(21)23/h9-12,14-15,19H,6-8,13,16H2,1-5H3. The maximum Gasteiger partial charge on any atom is 0.310 e. The van der Waals surface area contributed by atoms with Gasteiger partial charge in [0.25, 0.3) is 5.91 Å². The van der Waals surface area contributed by atoms with E-state index in [1.54, 1.807) is 16.3 Å². The molecule has 174 valence electrons. The molecular formula is C26H32N4O3. The van der Waals surface area contributed by atoms with E-state index in [1.807, 2.05) is 43.3 Å². The first-order valence-electron chi connectivity index (χ1n) is 11.6. The minimum atomic E-state index is -0.292. The molecule has 2 aromatic heterocycles. The molecule has 0 spiro atoms. The summed E-state index contributed by atoms with van der Waals surface area (Å²) < 4.78 is 6.86. The lowest BCUT2D eigenvalue weighted by Gasteiger charge is -2.31. The summed E-state index contributed by atoms with van der Waals surface area (Å²) in [5.74, 6) is -0.669. The molecule has 0 bridgehead atoms. The monoisotopic (exact) mass is 448 g/mol. The highest BCUT2D eigenvalue weighted by Gasteiger charge is 2.31. The Kier molecular flexibility index (Phi) is 6.23. The van der Waals surface area contributed by atoms with Gasteiger partial charge in [0.05, 0.1) is 23.9 Å². The Morgan fingerprint density at radius 1 is 1.15 bits per heavy atom. The van der Waals surface area contributed by atoms with E-state index < -0.39 is 0 Å². The van der Waals surface area contributed by atoms with Gasteiger partial charge >= 0.3 is 5.97 Å². The number of aromatic nitrogens is 3. The third kappa shape index (κ3) is 4.77. The fraction of sp³-hybridized carbons (Fsp3) is 0.462. The van der Waals surface area contributed by atoms with Crippen molar-refractivity contribution in [1.82, 2.24) is 19.5 Å². The fourth-order valence-corrected chi connectivity index (χ4v) is 4.14. The Morgan fingerprint density at radius 3 is 2.55 bits per heavy atom. The number of benzene rings is 1. The second-order valence-electron chi connectivity index (χ2n) is 9.78. The zero-order valence-electron chi connectivity index (χ0n) is 20.1. The van der Waals surface area contributed by atoms with Crippen LogP contribution in [0.1, 0.15) is 62.3 Å². The van der Waals surface area contributed by atoms with E-state index in [4.69, 9.17) is 14.8 Å². The van der Waals surface area contributed by atoms with Gasteiger partial charge in [-0.3, -0.25) is 9.59 Å². The smallest absolute Gasteiger partial charge is 0.310 e. The first-order valence-corrected chi connectivity index (χ1v) is 11.6. The maximum atomic E-state index is 13.7. The van der Waals surface area contributed by atoms with Crippen LogP contribution < -0.4 is 0 Å². The van der Waals surface area contributed by atoms with Crippen LogP contribution in [0.4, 0.5) is 0 Å². The minimum absolute atomic E-state index is 0.145. The van der Waals surface area contributed by atoms with E-state index in [1.165, 1.54) is 0 Å². The highest BCUT2D eigenvalue weighted by Crippen LogP contribution is 2.27. The van der Waals surface area contributed by atoms with Crippen molar-refractivity contribution in [3.8, 4) is 11.3 Å². The van der Waals surface area contributed by atoms with E-state index in [2.05, 4.69) is 20.8 Å². The Morgan fingerprint density at radius 2 is 1.88 bits per heavy atom. The van der Waals surface area contributed by atoms with Gasteiger partial charge in [-0.2, -0.15) is 5.10 Å². The third-order valence-electron chi connectivity index (χ3n) is 6.09. The number of carbonyl (C=O) groups is 2. The topological polar surface area (TPSA) is 76.8 Å². The number of fused-ring (bicyclic) bond motifs is 1. The second-order valence-corrected chi connectivity index (χ2v) is 9.78. The number of piperidine rings is 1. The summed E-state index contributed by atoms with van der Waals surface area (Å²) in [5.41, 5.74) is 4.61. The van der Waals surface area contributed by atoms with Crippen LogP contribution >= 0.6 is 0 Å². The molecule has 0 radical (unpaired) electrons. The number of carbonyl (C=O) groups excluding carboxylic acids is 2. The number of nitrogens with zero attached hydrogens (tertiary/aromatic N) is 4. The summed E-state index contributed by atoms with van der Waals surface area (Å²) >= 11 is 0. The first kappa shape index (κ1) is 23.0. The lowest BCUT2D eigenvalue weighted by Crippen LogP contribution is -2.43. The normalized spacial score (nSPS) is 16.8. The molecule has 0 aliphatic carbocycles. The zero-order valence-corrected chi connectivity index (χ0v) is 20.1. The summed E-state index contributed by atoms with van der Waals surface area (Å²) in [6.45, 7) is 11.4. The van der Waals surface area contributed by atoms with Crippen LogP contribution in [-0.2, 0) is 14.9 Å². The summed E-state index contributed by atoms with van der Waals surface area (Å²) in [6.07, 6.45) is 1.50. The molecule has 7 nitrogen and oxygen atoms in total. The van der Waals surface area contributed by atoms with Crippen LogP contribution in [0.25, 0.3) is 16.9 Å². The van der Waals surface area contributed by atoms with Crippen molar-refractivity contribution < 1.29 is 14.3 Å². The summed E-state index contributed by atoms with van der Waals surface area (Å²) in [5, 5.41) is 4.75. The van der Waals surface area contributed by atoms with Gasteiger partial charge in [0.2, 0.25) is 0 Å². The molecule has 3 heterocycles. The Labute approximate surface area is 194 Å². The second kappa shape index (κ2) is 8.96. The van der Waals surface area contributed by atoms with Gasteiger partial charge in [0.15, 0.2) is 5.65 Å². The van der Waals surface area contributed by atoms with Gasteiger partial charge in [0.1, 0.15) is 5.69 Å². The molecule has 1 atom stereocenters. The van der Waals surface area contributed by atoms with Gasteiger partial charge in [0, 0.05) is 30.1 Å². The van der Waals surface area contributed by atoms with Gasteiger partial charge in [-0.1, -0.05) is 50.6 Å². The van der Waals surface area contributed by atoms with Crippen molar-refractivity contribution in [3.05, 3.63) is 53.3 Å². The molecule has 1 aliphatic rings. The van der Waals surface area contributed by atoms with E-state index in [0.29, 0.717) is 31.0 Å². The van der Waals surface area contributed by atoms with Crippen molar-refractivity contribution in [2.75, 3.05) is 19.7 Å². The molecule has 4 rings (SSSR count). The highest BCUT2D eigenvalue weighted by molar-refractivity contribution is 5.94. The average molecular weight is 449 g/mol. The molecule has 1 fully saturated rings. The van der Waals surface area contributed by atoms with Gasteiger partial charge < -0.3 is 9.64 Å². The Bertz CT molecular complexity index is 1170. The first-order chi connectivity index (χ1) is 15.7. The number of esters is 1.